The predicted octanol–water partition coefficient (Wildman–Crippen LogP) is 2.45. The third-order valence-corrected chi connectivity index (χ3v) is 4.55. The van der Waals surface area contributed by atoms with Gasteiger partial charge in [0.1, 0.15) is 0 Å². The molecule has 0 saturated carbocycles. The molecular weight excluding hydrogens is 340 g/mol. The van der Waals surface area contributed by atoms with E-state index < -0.39 is 4.92 Å². The van der Waals surface area contributed by atoms with Crippen molar-refractivity contribution in [2.45, 2.75) is 18.9 Å². The van der Waals surface area contributed by atoms with Gasteiger partial charge in [0.05, 0.1) is 19.1 Å². The van der Waals surface area contributed by atoms with Crippen LogP contribution in [0.2, 0.25) is 0 Å². The number of methoxy groups -OCH3 is 2. The number of phenolic OH excluding ortho intramolecular Hbond substituents is 2. The van der Waals surface area contributed by atoms with Crippen LogP contribution >= 0.6 is 0 Å². The first-order valence-electron chi connectivity index (χ1n) is 8.12. The Morgan fingerprint density at radius 1 is 1.19 bits per heavy atom. The number of hydrogen-bond acceptors (Lipinski definition) is 7. The van der Waals surface area contributed by atoms with Gasteiger partial charge in [0.15, 0.2) is 17.2 Å². The third kappa shape index (κ3) is 3.23. The summed E-state index contributed by atoms with van der Waals surface area (Å²) >= 11 is 0. The maximum absolute atomic E-state index is 11.4. The fourth-order valence-electron chi connectivity index (χ4n) is 3.34. The monoisotopic (exact) mass is 360 g/mol. The number of ether oxygens (including phenoxy) is 2. The van der Waals surface area contributed by atoms with E-state index in [1.54, 1.807) is 12.1 Å². The molecule has 1 atom stereocenters. The number of rotatable bonds is 5. The minimum atomic E-state index is -0.503. The van der Waals surface area contributed by atoms with Crippen molar-refractivity contribution in [1.82, 2.24) is 5.32 Å². The molecule has 1 aliphatic rings. The van der Waals surface area contributed by atoms with Gasteiger partial charge in [-0.3, -0.25) is 10.1 Å². The summed E-state index contributed by atoms with van der Waals surface area (Å²) in [6.45, 7) is 0.706. The fourth-order valence-corrected chi connectivity index (χ4v) is 3.34. The van der Waals surface area contributed by atoms with Crippen LogP contribution in [0.5, 0.6) is 23.0 Å². The largest absolute Gasteiger partial charge is 0.504 e. The zero-order valence-electron chi connectivity index (χ0n) is 14.5. The second-order valence-electron chi connectivity index (χ2n) is 6.11. The van der Waals surface area contributed by atoms with Crippen LogP contribution in [0.3, 0.4) is 0 Å². The molecule has 0 fully saturated rings. The van der Waals surface area contributed by atoms with E-state index in [0.29, 0.717) is 24.3 Å². The molecule has 1 aliphatic heterocycles. The fraction of sp³-hybridized carbons (Fsp3) is 0.333. The molecule has 2 aromatic carbocycles. The van der Waals surface area contributed by atoms with Gasteiger partial charge in [-0.05, 0) is 54.3 Å². The predicted molar refractivity (Wildman–Crippen MR) is 94.1 cm³/mol. The van der Waals surface area contributed by atoms with E-state index in [0.717, 1.165) is 17.5 Å². The summed E-state index contributed by atoms with van der Waals surface area (Å²) in [4.78, 5) is 10.9. The van der Waals surface area contributed by atoms with Gasteiger partial charge in [-0.2, -0.15) is 0 Å². The zero-order valence-corrected chi connectivity index (χ0v) is 14.5. The number of nitrogens with one attached hydrogen (secondary N) is 1. The molecule has 2 aromatic rings. The van der Waals surface area contributed by atoms with Gasteiger partial charge in [-0.15, -0.1) is 0 Å². The van der Waals surface area contributed by atoms with Crippen molar-refractivity contribution < 1.29 is 24.6 Å². The van der Waals surface area contributed by atoms with Gasteiger partial charge < -0.3 is 25.0 Å². The van der Waals surface area contributed by atoms with Gasteiger partial charge in [-0.25, -0.2) is 0 Å². The van der Waals surface area contributed by atoms with E-state index in [1.165, 1.54) is 26.4 Å². The highest BCUT2D eigenvalue weighted by molar-refractivity contribution is 5.58. The van der Waals surface area contributed by atoms with E-state index in [9.17, 15) is 20.3 Å². The Bertz CT molecular complexity index is 852. The van der Waals surface area contributed by atoms with Crippen LogP contribution < -0.4 is 14.8 Å². The normalized spacial score (nSPS) is 16.0. The van der Waals surface area contributed by atoms with Gasteiger partial charge in [0.25, 0.3) is 0 Å². The molecule has 1 heterocycles. The number of nitro groups is 1. The van der Waals surface area contributed by atoms with Crippen LogP contribution in [0.25, 0.3) is 0 Å². The molecule has 138 valence electrons. The quantitative estimate of drug-likeness (QED) is 0.426. The molecule has 0 aliphatic carbocycles. The van der Waals surface area contributed by atoms with Gasteiger partial charge >= 0.3 is 5.69 Å². The van der Waals surface area contributed by atoms with E-state index in [2.05, 4.69) is 5.32 Å². The molecule has 3 rings (SSSR count). The highest BCUT2D eigenvalue weighted by Crippen LogP contribution is 2.40. The van der Waals surface area contributed by atoms with Crippen LogP contribution in [0.4, 0.5) is 5.69 Å². The summed E-state index contributed by atoms with van der Waals surface area (Å²) in [5.74, 6) is 0.0454. The molecule has 0 amide bonds. The SMILES string of the molecule is COc1cc(C[C@@H]2NCCc3cc(O)c(O)cc32)cc([N+](=O)[O-])c1OC. The number of nitrogens with zero attached hydrogens (tertiary/aromatic N) is 1. The van der Waals surface area contributed by atoms with E-state index in [4.69, 9.17) is 9.47 Å². The van der Waals surface area contributed by atoms with Crippen molar-refractivity contribution in [2.24, 2.45) is 0 Å². The zero-order chi connectivity index (χ0) is 18.8. The number of hydrogen-bond donors (Lipinski definition) is 3. The average Bonchev–Trinajstić information content (AvgIpc) is 2.62. The molecule has 0 unspecified atom stereocenters. The third-order valence-electron chi connectivity index (χ3n) is 4.55. The van der Waals surface area contributed by atoms with Crippen molar-refractivity contribution in [3.8, 4) is 23.0 Å². The molecule has 0 saturated heterocycles. The maximum Gasteiger partial charge on any atom is 0.315 e. The molecule has 0 aromatic heterocycles. The molecular formula is C18H20N2O6. The van der Waals surface area contributed by atoms with E-state index >= 15 is 0 Å². The first kappa shape index (κ1) is 17.8. The molecule has 26 heavy (non-hydrogen) atoms. The minimum absolute atomic E-state index is 0.0841. The average molecular weight is 360 g/mol. The highest BCUT2D eigenvalue weighted by atomic mass is 16.6. The Morgan fingerprint density at radius 3 is 2.58 bits per heavy atom. The van der Waals surface area contributed by atoms with E-state index in [-0.39, 0.29) is 29.0 Å². The van der Waals surface area contributed by atoms with Crippen molar-refractivity contribution >= 4 is 5.69 Å². The topological polar surface area (TPSA) is 114 Å². The second kappa shape index (κ2) is 7.09. The molecule has 8 nitrogen and oxygen atoms in total. The first-order valence-corrected chi connectivity index (χ1v) is 8.12. The molecule has 8 heteroatoms. The standard InChI is InChI=1S/C18H20N2O6/c1-25-17-7-10(6-14(20(23)24)18(17)26-2)5-13-12-9-16(22)15(21)8-11(12)3-4-19-13/h6-9,13,19,21-22H,3-5H2,1-2H3/t13-/m0/s1. The van der Waals surface area contributed by atoms with Crippen LogP contribution in [-0.2, 0) is 12.8 Å². The van der Waals surface area contributed by atoms with Gasteiger partial charge in [-0.1, -0.05) is 0 Å². The molecule has 3 N–H and O–H groups in total. The Labute approximate surface area is 150 Å². The molecule has 0 spiro atoms. The van der Waals surface area contributed by atoms with Crippen molar-refractivity contribution in [3.63, 3.8) is 0 Å². The lowest BCUT2D eigenvalue weighted by molar-refractivity contribution is -0.385. The van der Waals surface area contributed by atoms with E-state index in [1.807, 2.05) is 0 Å². The summed E-state index contributed by atoms with van der Waals surface area (Å²) < 4.78 is 10.4. The Morgan fingerprint density at radius 2 is 1.92 bits per heavy atom. The highest BCUT2D eigenvalue weighted by Gasteiger charge is 2.26. The van der Waals surface area contributed by atoms with Crippen LogP contribution in [0.1, 0.15) is 22.7 Å². The van der Waals surface area contributed by atoms with Gasteiger partial charge in [0.2, 0.25) is 5.75 Å². The number of benzene rings is 2. The smallest absolute Gasteiger partial charge is 0.315 e. The summed E-state index contributed by atoms with van der Waals surface area (Å²) in [6.07, 6.45) is 1.18. The molecule has 0 bridgehead atoms. The van der Waals surface area contributed by atoms with Crippen LogP contribution in [0.15, 0.2) is 24.3 Å². The van der Waals surface area contributed by atoms with Crippen molar-refractivity contribution in [3.05, 3.63) is 51.1 Å². The number of nitro benzene ring substituents is 1. The van der Waals surface area contributed by atoms with Crippen molar-refractivity contribution in [1.29, 1.82) is 0 Å². The van der Waals surface area contributed by atoms with Crippen LogP contribution in [0, 0.1) is 10.1 Å². The first-order chi connectivity index (χ1) is 12.4. The lowest BCUT2D eigenvalue weighted by atomic mass is 9.89. The minimum Gasteiger partial charge on any atom is -0.504 e. The van der Waals surface area contributed by atoms with Crippen LogP contribution in [-0.4, -0.2) is 35.9 Å². The maximum atomic E-state index is 11.4. The van der Waals surface area contributed by atoms with Gasteiger partial charge in [0, 0.05) is 12.1 Å². The Balaban J connectivity index is 1.99. The number of fused-ring (bicyclic) bond motifs is 1. The lowest BCUT2D eigenvalue weighted by Crippen LogP contribution is -2.31. The number of phenols is 2. The van der Waals surface area contributed by atoms with Crippen molar-refractivity contribution in [2.75, 3.05) is 20.8 Å². The summed E-state index contributed by atoms with van der Waals surface area (Å²) in [6, 6.07) is 6.13. The summed E-state index contributed by atoms with van der Waals surface area (Å²) in [7, 11) is 2.79. The number of aromatic hydroxyl groups is 2. The summed E-state index contributed by atoms with van der Waals surface area (Å²) in [5, 5.41) is 34.2. The summed E-state index contributed by atoms with van der Waals surface area (Å²) in [5.41, 5.74) is 2.35. The lowest BCUT2D eigenvalue weighted by Gasteiger charge is -2.27. The second-order valence-corrected chi connectivity index (χ2v) is 6.11. The molecule has 0 radical (unpaired) electrons. The Kier molecular flexibility index (Phi) is 4.85. The Hall–Kier alpha value is -3.00.